The molecular weight excluding hydrogens is 681 g/mol. The summed E-state index contributed by atoms with van der Waals surface area (Å²) in [6.45, 7) is 20.9. The zero-order valence-corrected chi connectivity index (χ0v) is 32.7. The maximum atomic E-state index is 14.4. The van der Waals surface area contributed by atoms with Gasteiger partial charge in [0.1, 0.15) is 16.3 Å². The number of likely N-dealkylation sites (tertiary alicyclic amines) is 1. The number of carbonyl (C=O) groups is 5. The zero-order valence-electron chi connectivity index (χ0n) is 31.1. The molecule has 1 saturated carbocycles. The van der Waals surface area contributed by atoms with Crippen LogP contribution in [-0.2, 0) is 29.2 Å². The van der Waals surface area contributed by atoms with Crippen molar-refractivity contribution in [2.45, 2.75) is 104 Å². The van der Waals surface area contributed by atoms with Crippen LogP contribution in [0.25, 0.3) is 0 Å². The summed E-state index contributed by atoms with van der Waals surface area (Å²) in [6, 6.07) is -1.11. The second-order valence-corrected chi connectivity index (χ2v) is 19.4. The Morgan fingerprint density at radius 2 is 1.72 bits per heavy atom. The van der Waals surface area contributed by atoms with Crippen molar-refractivity contribution in [3.63, 3.8) is 0 Å². The fourth-order valence-corrected chi connectivity index (χ4v) is 9.02. The number of piperidine rings is 1. The molecule has 4 N–H and O–H groups in total. The third-order valence-electron chi connectivity index (χ3n) is 9.94. The Morgan fingerprint density at radius 1 is 1.08 bits per heavy atom. The van der Waals surface area contributed by atoms with Crippen LogP contribution in [0.3, 0.4) is 0 Å². The van der Waals surface area contributed by atoms with Crippen molar-refractivity contribution in [1.29, 1.82) is 0 Å². The Bertz CT molecular complexity index is 1550. The molecular formula is C35H56N6O7S2. The van der Waals surface area contributed by atoms with E-state index in [9.17, 15) is 32.4 Å². The van der Waals surface area contributed by atoms with Gasteiger partial charge in [-0.15, -0.1) is 17.9 Å². The number of nitrogens with one attached hydrogen (secondary N) is 4. The Hall–Kier alpha value is -3.30. The van der Waals surface area contributed by atoms with E-state index < -0.39 is 74.6 Å². The summed E-state index contributed by atoms with van der Waals surface area (Å²) in [5, 5.41) is 12.7. The molecule has 15 heteroatoms. The highest BCUT2D eigenvalue weighted by molar-refractivity contribution is 7.91. The van der Waals surface area contributed by atoms with Crippen LogP contribution in [0, 0.1) is 28.1 Å². The quantitative estimate of drug-likeness (QED) is 0.158. The van der Waals surface area contributed by atoms with Gasteiger partial charge in [0, 0.05) is 32.7 Å². The number of nitrogens with zero attached hydrogens (tertiary/aromatic N) is 2. The van der Waals surface area contributed by atoms with E-state index in [4.69, 9.17) is 0 Å². The molecule has 280 valence electrons. The highest BCUT2D eigenvalue weighted by atomic mass is 32.2. The Balaban J connectivity index is 1.83. The summed E-state index contributed by atoms with van der Waals surface area (Å²) >= 11 is 1.11. The number of carbonyl (C=O) groups excluding carboxylic acids is 5. The molecule has 1 aromatic heterocycles. The van der Waals surface area contributed by atoms with E-state index in [0.717, 1.165) is 11.3 Å². The van der Waals surface area contributed by atoms with Gasteiger partial charge in [-0.2, -0.15) is 4.31 Å². The number of rotatable bonds is 15. The average molecular weight is 737 g/mol. The van der Waals surface area contributed by atoms with Gasteiger partial charge < -0.3 is 26.2 Å². The van der Waals surface area contributed by atoms with Crippen molar-refractivity contribution in [1.82, 2.24) is 30.5 Å². The number of likely N-dealkylation sites (N-methyl/N-ethyl adjacent to an activating group) is 1. The summed E-state index contributed by atoms with van der Waals surface area (Å²) in [5.41, 5.74) is -1.56. The number of hydrogen-bond donors (Lipinski definition) is 4. The van der Waals surface area contributed by atoms with E-state index in [1.165, 1.54) is 28.4 Å². The molecule has 6 atom stereocenters. The highest BCUT2D eigenvalue weighted by Gasteiger charge is 2.70. The molecule has 0 spiro atoms. The monoisotopic (exact) mass is 736 g/mol. The molecule has 0 aromatic carbocycles. The SMILES string of the molecule is C=CCNC(=O)C(=O)C(CCC)NC(=O)[C@@H]1[C@@H]2[C@H](CN1C(=O)[C@@H](NC(=O)N[C@H](CN(C)S(=O)(=O)c1cccs1)C(C)(C)C)C(C)(C)C)C2(C)C. The lowest BCUT2D eigenvalue weighted by Gasteiger charge is -2.39. The average Bonchev–Trinajstić information content (AvgIpc) is 3.47. The summed E-state index contributed by atoms with van der Waals surface area (Å²) in [7, 11) is -2.31. The highest BCUT2D eigenvalue weighted by Crippen LogP contribution is 2.65. The number of amides is 5. The maximum absolute atomic E-state index is 14.4. The van der Waals surface area contributed by atoms with Crippen molar-refractivity contribution >= 4 is 50.9 Å². The van der Waals surface area contributed by atoms with E-state index in [-0.39, 0.29) is 41.0 Å². The first kappa shape index (κ1) is 41.1. The van der Waals surface area contributed by atoms with Crippen molar-refractivity contribution in [3.05, 3.63) is 30.2 Å². The van der Waals surface area contributed by atoms with E-state index in [1.54, 1.807) is 11.4 Å². The lowest BCUT2D eigenvalue weighted by Crippen LogP contribution is -2.62. The van der Waals surface area contributed by atoms with Gasteiger partial charge in [-0.25, -0.2) is 13.2 Å². The first-order valence-electron chi connectivity index (χ1n) is 17.1. The first-order chi connectivity index (χ1) is 23.0. The normalized spacial score (nSPS) is 21.7. The van der Waals surface area contributed by atoms with Gasteiger partial charge in [0.05, 0.1) is 6.04 Å². The lowest BCUT2D eigenvalue weighted by atomic mass is 9.85. The van der Waals surface area contributed by atoms with Crippen LogP contribution in [0.5, 0.6) is 0 Å². The standard InChI is InChI=1S/C35H56N6O7S2/c1-12-15-22(27(42)30(44)36-17-13-2)37-29(43)26-25-21(35(25,9)10)19-41(26)31(45)28(34(6,7)8)39-32(46)38-23(33(3,4)5)20-40(11)50(47,48)24-16-14-18-49-24/h13-14,16,18,21-23,25-26,28H,2,12,15,17,19-20H2,1,3-11H3,(H,36,44)(H,37,43)(H2,38,39,46)/t21-,22?,23+,25-,26-,28+/m0/s1. The number of hydrogen-bond acceptors (Lipinski definition) is 8. The van der Waals surface area contributed by atoms with Gasteiger partial charge in [0.2, 0.25) is 17.6 Å². The Kier molecular flexibility index (Phi) is 12.8. The molecule has 1 saturated heterocycles. The van der Waals surface area contributed by atoms with Crippen LogP contribution in [0.4, 0.5) is 4.79 Å². The van der Waals surface area contributed by atoms with Crippen LogP contribution < -0.4 is 21.3 Å². The molecule has 5 amide bonds. The van der Waals surface area contributed by atoms with E-state index >= 15 is 0 Å². The van der Waals surface area contributed by atoms with Crippen molar-refractivity contribution in [3.8, 4) is 0 Å². The fraction of sp³-hybridized carbons (Fsp3) is 0.686. The van der Waals surface area contributed by atoms with Crippen molar-refractivity contribution in [2.75, 3.05) is 26.7 Å². The second kappa shape index (κ2) is 15.5. The summed E-state index contributed by atoms with van der Waals surface area (Å²) in [6.07, 6.45) is 2.23. The Labute approximate surface area is 301 Å². The summed E-state index contributed by atoms with van der Waals surface area (Å²) in [4.78, 5) is 69.0. The lowest BCUT2D eigenvalue weighted by molar-refractivity contribution is -0.145. The number of thiophene rings is 1. The molecule has 0 bridgehead atoms. The van der Waals surface area contributed by atoms with Crippen LogP contribution in [0.15, 0.2) is 34.4 Å². The number of Topliss-reactive ketones (excluding diaryl/α,β-unsaturated/α-hetero) is 1. The predicted molar refractivity (Wildman–Crippen MR) is 194 cm³/mol. The molecule has 2 heterocycles. The molecule has 13 nitrogen and oxygen atoms in total. The number of sulfonamides is 1. The van der Waals surface area contributed by atoms with E-state index in [2.05, 4.69) is 27.8 Å². The van der Waals surface area contributed by atoms with Gasteiger partial charge in [-0.1, -0.05) is 80.9 Å². The van der Waals surface area contributed by atoms with Gasteiger partial charge >= 0.3 is 6.03 Å². The first-order valence-corrected chi connectivity index (χ1v) is 19.4. The van der Waals surface area contributed by atoms with Crippen LogP contribution in [0.2, 0.25) is 0 Å². The van der Waals surface area contributed by atoms with Crippen LogP contribution >= 0.6 is 11.3 Å². The number of fused-ring (bicyclic) bond motifs is 1. The van der Waals surface area contributed by atoms with Gasteiger partial charge in [0.25, 0.3) is 15.9 Å². The minimum atomic E-state index is -3.78. The zero-order chi connectivity index (χ0) is 38.0. The maximum Gasteiger partial charge on any atom is 0.315 e. The molecule has 2 fully saturated rings. The predicted octanol–water partition coefficient (Wildman–Crippen LogP) is 3.14. The van der Waals surface area contributed by atoms with Crippen LogP contribution in [0.1, 0.15) is 75.2 Å². The number of urea groups is 1. The van der Waals surface area contributed by atoms with Gasteiger partial charge in [-0.3, -0.25) is 19.2 Å². The van der Waals surface area contributed by atoms with Crippen molar-refractivity contribution in [2.24, 2.45) is 28.1 Å². The third-order valence-corrected chi connectivity index (χ3v) is 13.1. The molecule has 0 radical (unpaired) electrons. The largest absolute Gasteiger partial charge is 0.346 e. The minimum absolute atomic E-state index is 0.0125. The molecule has 1 aliphatic heterocycles. The molecule has 1 aromatic rings. The topological polar surface area (TPSA) is 174 Å². The molecule has 3 rings (SSSR count). The van der Waals surface area contributed by atoms with Crippen molar-refractivity contribution < 1.29 is 32.4 Å². The smallest absolute Gasteiger partial charge is 0.315 e. The summed E-state index contributed by atoms with van der Waals surface area (Å²) in [5.74, 6) is -2.67. The van der Waals surface area contributed by atoms with Crippen LogP contribution in [-0.4, -0.2) is 98.0 Å². The van der Waals surface area contributed by atoms with Gasteiger partial charge in [0.15, 0.2) is 0 Å². The van der Waals surface area contributed by atoms with E-state index in [0.29, 0.717) is 13.0 Å². The Morgan fingerprint density at radius 3 is 2.24 bits per heavy atom. The van der Waals surface area contributed by atoms with E-state index in [1.807, 2.05) is 62.3 Å². The third kappa shape index (κ3) is 9.13. The fourth-order valence-electron chi connectivity index (χ4n) is 6.64. The number of ketones is 1. The van der Waals surface area contributed by atoms with Gasteiger partial charge in [-0.05, 0) is 45.9 Å². The summed E-state index contributed by atoms with van der Waals surface area (Å²) < 4.78 is 27.7. The molecule has 1 aliphatic carbocycles. The molecule has 2 aliphatic rings. The molecule has 50 heavy (non-hydrogen) atoms. The molecule has 1 unspecified atom stereocenters. The second-order valence-electron chi connectivity index (χ2n) is 16.2. The minimum Gasteiger partial charge on any atom is -0.346 e.